The highest BCUT2D eigenvalue weighted by molar-refractivity contribution is 9.11. The number of fused-ring (bicyclic) bond motifs is 3. The average Bonchev–Trinajstić information content (AvgIpc) is 3.46. The van der Waals surface area contributed by atoms with Crippen LogP contribution in [0.1, 0.15) is 0 Å². The van der Waals surface area contributed by atoms with Gasteiger partial charge in [0.1, 0.15) is 0 Å². The molecule has 0 aliphatic heterocycles. The normalized spacial score (nSPS) is 12.1. The van der Waals surface area contributed by atoms with Gasteiger partial charge in [-0.05, 0) is 84.2 Å². The van der Waals surface area contributed by atoms with E-state index in [0.717, 1.165) is 0 Å². The van der Waals surface area contributed by atoms with Gasteiger partial charge in [-0.3, -0.25) is 13.9 Å². The number of halogens is 6. The molecule has 0 radical (unpaired) electrons. The zero-order chi connectivity index (χ0) is 26.8. The summed E-state index contributed by atoms with van der Waals surface area (Å²) in [6.07, 6.45) is 4.74. The van der Waals surface area contributed by atoms with Gasteiger partial charge < -0.3 is 0 Å². The van der Waals surface area contributed by atoms with Gasteiger partial charge in [-0.15, -0.1) is 0 Å². The van der Waals surface area contributed by atoms with Crippen molar-refractivity contribution in [1.82, 2.24) is 14.2 Å². The van der Waals surface area contributed by atoms with Gasteiger partial charge in [0.15, 0.2) is 0 Å². The highest BCUT2D eigenvalue weighted by Crippen LogP contribution is 2.45. The topological polar surface area (TPSA) is 59.6 Å². The maximum atomic E-state index is 14.5. The molecule has 0 spiro atoms. The van der Waals surface area contributed by atoms with Crippen molar-refractivity contribution in [3.63, 3.8) is 0 Å². The molecule has 0 fully saturated rings. The summed E-state index contributed by atoms with van der Waals surface area (Å²) in [5, 5.41) is 3.46. The van der Waals surface area contributed by atoms with E-state index in [1.807, 2.05) is 0 Å². The maximum absolute atomic E-state index is 14.5. The highest BCUT2D eigenvalue weighted by atomic mass is 79.9. The van der Waals surface area contributed by atoms with E-state index in [1.165, 1.54) is 14.2 Å². The van der Waals surface area contributed by atoms with E-state index in [0.29, 0.717) is 61.2 Å². The Morgan fingerprint density at radius 1 is 0.553 bits per heavy atom. The van der Waals surface area contributed by atoms with Crippen LogP contribution in [-0.2, 0) is 4.57 Å². The van der Waals surface area contributed by atoms with E-state index in [2.05, 4.69) is 47.8 Å². The number of phosphoric acid groups is 1. The fourth-order valence-electron chi connectivity index (χ4n) is 4.08. The third-order valence-electron chi connectivity index (χ3n) is 5.66. The predicted octanol–water partition coefficient (Wildman–Crippen LogP) is 9.59. The van der Waals surface area contributed by atoms with Crippen molar-refractivity contribution in [3.05, 3.63) is 102 Å². The molecule has 0 N–H and O–H groups in total. The van der Waals surface area contributed by atoms with E-state index < -0.39 is 7.82 Å². The van der Waals surface area contributed by atoms with E-state index in [4.69, 9.17) is 48.7 Å². The molecule has 3 heterocycles. The van der Waals surface area contributed by atoms with Gasteiger partial charge >= 0.3 is 7.82 Å². The quantitative estimate of drug-likeness (QED) is 0.158. The predicted molar refractivity (Wildman–Crippen MR) is 161 cm³/mol. The van der Waals surface area contributed by atoms with Crippen LogP contribution in [0, 0.1) is 0 Å². The fraction of sp³-hybridized carbons (Fsp3) is 0. The van der Waals surface area contributed by atoms with Crippen LogP contribution in [0.3, 0.4) is 0 Å². The van der Waals surface area contributed by atoms with Crippen molar-refractivity contribution in [2.24, 2.45) is 0 Å². The lowest BCUT2D eigenvalue weighted by Gasteiger charge is -2.20. The molecule has 0 aliphatic rings. The Morgan fingerprint density at radius 3 is 1.13 bits per heavy atom. The van der Waals surface area contributed by atoms with Gasteiger partial charge in [-0.2, -0.15) is 18.8 Å². The smallest absolute Gasteiger partial charge is 0.290 e. The van der Waals surface area contributed by atoms with Crippen molar-refractivity contribution in [2.45, 2.75) is 0 Å². The Hall–Kier alpha value is -1.78. The van der Waals surface area contributed by atoms with Crippen LogP contribution in [0.2, 0.25) is 15.1 Å². The summed E-state index contributed by atoms with van der Waals surface area (Å²) >= 11 is 29.7. The van der Waals surface area contributed by atoms with Crippen LogP contribution < -0.4 is 13.9 Å². The molecule has 0 unspecified atom stereocenters. The highest BCUT2D eigenvalue weighted by Gasteiger charge is 2.38. The van der Waals surface area contributed by atoms with Crippen molar-refractivity contribution in [1.29, 1.82) is 0 Å². The lowest BCUT2D eigenvalue weighted by molar-refractivity contribution is 0.0987. The first-order valence-corrected chi connectivity index (χ1v) is 15.7. The standard InChI is InChI=1S/C24H12Br3Cl3N3O4P/c25-13-10-31(19-7-1-4-16(28)22(13)19)35-38(34,36-32-11-14(26)23-17(29)5-2-8-20(23)32)37-33-12-15(27)24-18(30)6-3-9-21(24)33/h1-12H. The molecule has 7 nitrogen and oxygen atoms in total. The first-order chi connectivity index (χ1) is 18.1. The molecule has 14 heteroatoms. The molecule has 3 aromatic heterocycles. The first-order valence-electron chi connectivity index (χ1n) is 10.7. The fourth-order valence-corrected chi connectivity index (χ4v) is 8.19. The van der Waals surface area contributed by atoms with Crippen LogP contribution in [0.5, 0.6) is 0 Å². The number of hydrogen-bond donors (Lipinski definition) is 0. The van der Waals surface area contributed by atoms with Crippen molar-refractivity contribution in [3.8, 4) is 0 Å². The minimum absolute atomic E-state index is 0.485. The lowest BCUT2D eigenvalue weighted by Crippen LogP contribution is -2.24. The monoisotopic (exact) mass is 779 g/mol. The third-order valence-corrected chi connectivity index (χ3v) is 9.54. The van der Waals surface area contributed by atoms with Crippen molar-refractivity contribution >= 4 is 123 Å². The summed E-state index contributed by atoms with van der Waals surface area (Å²) in [6, 6.07) is 15.8. The van der Waals surface area contributed by atoms with Crippen LogP contribution in [-0.4, -0.2) is 14.2 Å². The van der Waals surface area contributed by atoms with Gasteiger partial charge in [0.25, 0.3) is 0 Å². The second-order valence-electron chi connectivity index (χ2n) is 8.00. The molecule has 0 bridgehead atoms. The number of benzene rings is 3. The summed E-state index contributed by atoms with van der Waals surface area (Å²) in [7, 11) is -4.51. The molecule has 6 aromatic rings. The minimum atomic E-state index is -4.51. The lowest BCUT2D eigenvalue weighted by atomic mass is 10.2. The second-order valence-corrected chi connectivity index (χ2v) is 13.2. The summed E-state index contributed by atoms with van der Waals surface area (Å²) in [4.78, 5) is 0. The van der Waals surface area contributed by atoms with Crippen LogP contribution in [0.15, 0.2) is 86.6 Å². The van der Waals surface area contributed by atoms with Crippen LogP contribution >= 0.6 is 90.4 Å². The SMILES string of the molecule is O=P(On1cc(Br)c2c(Cl)cccc21)(On1cc(Br)c2c(Cl)cccc21)On1cc(Br)c2c(Cl)cccc21. The number of nitrogens with zero attached hydrogens (tertiary/aromatic N) is 3. The third kappa shape index (κ3) is 4.54. The van der Waals surface area contributed by atoms with E-state index >= 15 is 0 Å². The molecule has 6 rings (SSSR count). The number of aromatic nitrogens is 3. The van der Waals surface area contributed by atoms with Crippen molar-refractivity contribution in [2.75, 3.05) is 0 Å². The molecule has 0 aliphatic carbocycles. The first kappa shape index (κ1) is 26.4. The Morgan fingerprint density at radius 2 is 0.842 bits per heavy atom. The molecular formula is C24H12Br3Cl3N3O4P. The summed E-state index contributed by atoms with van der Waals surface area (Å²) in [5.41, 5.74) is 1.62. The molecule has 0 atom stereocenters. The molecular weight excluding hydrogens is 771 g/mol. The second kappa shape index (κ2) is 10.0. The van der Waals surface area contributed by atoms with Gasteiger partial charge in [0.2, 0.25) is 0 Å². The Labute approximate surface area is 255 Å². The van der Waals surface area contributed by atoms with Gasteiger partial charge in [0, 0.05) is 29.6 Å². The van der Waals surface area contributed by atoms with Crippen LogP contribution in [0.25, 0.3) is 32.7 Å². The van der Waals surface area contributed by atoms with Crippen LogP contribution in [0.4, 0.5) is 0 Å². The number of rotatable bonds is 6. The zero-order valence-electron chi connectivity index (χ0n) is 18.6. The van der Waals surface area contributed by atoms with E-state index in [9.17, 15) is 4.57 Å². The molecule has 3 aromatic carbocycles. The van der Waals surface area contributed by atoms with Gasteiger partial charge in [-0.1, -0.05) is 53.0 Å². The maximum Gasteiger partial charge on any atom is 0.705 e. The van der Waals surface area contributed by atoms with E-state index in [1.54, 1.807) is 73.2 Å². The number of hydrogen-bond acceptors (Lipinski definition) is 4. The molecule has 0 saturated carbocycles. The summed E-state index contributed by atoms with van der Waals surface area (Å²) in [5.74, 6) is 0. The Kier molecular flexibility index (Phi) is 6.96. The summed E-state index contributed by atoms with van der Waals surface area (Å²) < 4.78 is 38.1. The average molecular weight is 783 g/mol. The van der Waals surface area contributed by atoms with Gasteiger partial charge in [-0.25, -0.2) is 0 Å². The largest absolute Gasteiger partial charge is 0.705 e. The Balaban J connectivity index is 1.50. The molecule has 194 valence electrons. The van der Waals surface area contributed by atoms with Gasteiger partial charge in [0.05, 0.1) is 50.2 Å². The molecule has 0 amide bonds. The Bertz CT molecular complexity index is 1720. The van der Waals surface area contributed by atoms with Crippen molar-refractivity contribution < 1.29 is 18.4 Å². The minimum Gasteiger partial charge on any atom is -0.290 e. The zero-order valence-corrected chi connectivity index (χ0v) is 26.5. The molecule has 0 saturated heterocycles. The molecule has 38 heavy (non-hydrogen) atoms. The summed E-state index contributed by atoms with van der Waals surface area (Å²) in [6.45, 7) is 0. The van der Waals surface area contributed by atoms with E-state index in [-0.39, 0.29) is 0 Å².